The second-order valence-corrected chi connectivity index (χ2v) is 6.45. The molecule has 78 valence electrons. The number of nitrogens with one attached hydrogen (secondary N) is 1. The van der Waals surface area contributed by atoms with Crippen molar-refractivity contribution in [2.45, 2.75) is 31.1 Å². The number of thiazole rings is 1. The van der Waals surface area contributed by atoms with Crippen molar-refractivity contribution in [2.75, 3.05) is 0 Å². The molecule has 1 unspecified atom stereocenters. The first-order chi connectivity index (χ1) is 6.41. The van der Waals surface area contributed by atoms with Gasteiger partial charge >= 0.3 is 0 Å². The number of hydrogen-bond acceptors (Lipinski definition) is 3. The van der Waals surface area contributed by atoms with Crippen molar-refractivity contribution >= 4 is 33.2 Å². The van der Waals surface area contributed by atoms with Gasteiger partial charge in [0.2, 0.25) is 5.91 Å². The Morgan fingerprint density at radius 2 is 2.36 bits per heavy atom. The van der Waals surface area contributed by atoms with Crippen LogP contribution in [0.2, 0.25) is 0 Å². The standard InChI is InChI=1S/C9H13BrN2OS/c1-6(7-11-4-5-14-7)12-8(13)9(2,3)10/h4-6H,1-3H3,(H,12,13). The number of nitrogens with zero attached hydrogens (tertiary/aromatic N) is 1. The summed E-state index contributed by atoms with van der Waals surface area (Å²) in [7, 11) is 0. The Kier molecular flexibility index (Phi) is 3.66. The minimum absolute atomic E-state index is 0.0276. The predicted octanol–water partition coefficient (Wildman–Crippen LogP) is 2.49. The van der Waals surface area contributed by atoms with E-state index in [-0.39, 0.29) is 11.9 Å². The van der Waals surface area contributed by atoms with Gasteiger partial charge in [-0.3, -0.25) is 4.79 Å². The van der Waals surface area contributed by atoms with E-state index < -0.39 is 4.32 Å². The van der Waals surface area contributed by atoms with Crippen molar-refractivity contribution < 1.29 is 4.79 Å². The third-order valence-electron chi connectivity index (χ3n) is 1.71. The van der Waals surface area contributed by atoms with Crippen molar-refractivity contribution in [2.24, 2.45) is 0 Å². The fourth-order valence-corrected chi connectivity index (χ4v) is 1.64. The van der Waals surface area contributed by atoms with E-state index in [4.69, 9.17) is 0 Å². The van der Waals surface area contributed by atoms with Crippen LogP contribution in [0.1, 0.15) is 31.8 Å². The Bertz CT molecular complexity index is 305. The molecule has 0 spiro atoms. The van der Waals surface area contributed by atoms with Crippen molar-refractivity contribution in [1.29, 1.82) is 0 Å². The van der Waals surface area contributed by atoms with E-state index in [0.717, 1.165) is 5.01 Å². The number of rotatable bonds is 3. The molecule has 1 atom stereocenters. The molecule has 1 rings (SSSR count). The maximum absolute atomic E-state index is 11.6. The number of carbonyl (C=O) groups excluding carboxylic acids is 1. The summed E-state index contributed by atoms with van der Waals surface area (Å²) in [5.41, 5.74) is 0. The Morgan fingerprint density at radius 3 is 2.79 bits per heavy atom. The summed E-state index contributed by atoms with van der Waals surface area (Å²) in [5.74, 6) is -0.0276. The summed E-state index contributed by atoms with van der Waals surface area (Å²) < 4.78 is -0.529. The molecule has 1 amide bonds. The molecule has 0 bridgehead atoms. The van der Waals surface area contributed by atoms with Gasteiger partial charge in [0.05, 0.1) is 10.4 Å². The first-order valence-electron chi connectivity index (χ1n) is 4.30. The summed E-state index contributed by atoms with van der Waals surface area (Å²) in [6.45, 7) is 5.56. The zero-order valence-electron chi connectivity index (χ0n) is 8.37. The highest BCUT2D eigenvalue weighted by Gasteiger charge is 2.25. The summed E-state index contributed by atoms with van der Waals surface area (Å²) in [5, 5.41) is 5.71. The van der Waals surface area contributed by atoms with E-state index in [1.165, 1.54) is 0 Å². The largest absolute Gasteiger partial charge is 0.346 e. The third kappa shape index (κ3) is 3.06. The van der Waals surface area contributed by atoms with Crippen LogP contribution in [0.25, 0.3) is 0 Å². The minimum atomic E-state index is -0.529. The van der Waals surface area contributed by atoms with Gasteiger partial charge in [0.1, 0.15) is 5.01 Å². The Balaban J connectivity index is 2.58. The molecular formula is C9H13BrN2OS. The zero-order chi connectivity index (χ0) is 10.8. The molecule has 0 radical (unpaired) electrons. The van der Waals surface area contributed by atoms with Gasteiger partial charge in [0.15, 0.2) is 0 Å². The van der Waals surface area contributed by atoms with Crippen molar-refractivity contribution in [1.82, 2.24) is 10.3 Å². The predicted molar refractivity (Wildman–Crippen MR) is 61.7 cm³/mol. The van der Waals surface area contributed by atoms with Gasteiger partial charge < -0.3 is 5.32 Å². The molecule has 0 saturated heterocycles. The highest BCUT2D eigenvalue weighted by molar-refractivity contribution is 9.10. The van der Waals surface area contributed by atoms with Gasteiger partial charge in [-0.2, -0.15) is 0 Å². The molecule has 0 aromatic carbocycles. The van der Waals surface area contributed by atoms with Crippen LogP contribution in [0.3, 0.4) is 0 Å². The smallest absolute Gasteiger partial charge is 0.236 e. The van der Waals surface area contributed by atoms with E-state index >= 15 is 0 Å². The Morgan fingerprint density at radius 1 is 1.71 bits per heavy atom. The molecule has 0 saturated carbocycles. The molecule has 1 aromatic rings. The van der Waals surface area contributed by atoms with Crippen molar-refractivity contribution in [3.05, 3.63) is 16.6 Å². The third-order valence-corrected chi connectivity index (χ3v) is 3.03. The van der Waals surface area contributed by atoms with Crippen LogP contribution in [0.5, 0.6) is 0 Å². The summed E-state index contributed by atoms with van der Waals surface area (Å²) in [4.78, 5) is 15.7. The first kappa shape index (κ1) is 11.7. The van der Waals surface area contributed by atoms with Gasteiger partial charge in [-0.15, -0.1) is 11.3 Å². The second-order valence-electron chi connectivity index (χ2n) is 3.54. The molecular weight excluding hydrogens is 264 g/mol. The van der Waals surface area contributed by atoms with Crippen LogP contribution in [0.15, 0.2) is 11.6 Å². The van der Waals surface area contributed by atoms with Gasteiger partial charge in [-0.25, -0.2) is 4.98 Å². The molecule has 14 heavy (non-hydrogen) atoms. The lowest BCUT2D eigenvalue weighted by molar-refractivity contribution is -0.123. The van der Waals surface area contributed by atoms with Crippen molar-refractivity contribution in [3.63, 3.8) is 0 Å². The number of carbonyl (C=O) groups is 1. The maximum Gasteiger partial charge on any atom is 0.236 e. The number of aromatic nitrogens is 1. The van der Waals surface area contributed by atoms with E-state index in [9.17, 15) is 4.79 Å². The van der Waals surface area contributed by atoms with Gasteiger partial charge in [-0.05, 0) is 20.8 Å². The first-order valence-corrected chi connectivity index (χ1v) is 5.98. The van der Waals surface area contributed by atoms with E-state index in [0.29, 0.717) is 0 Å². The average molecular weight is 277 g/mol. The topological polar surface area (TPSA) is 42.0 Å². The van der Waals surface area contributed by atoms with E-state index in [2.05, 4.69) is 26.2 Å². The lowest BCUT2D eigenvalue weighted by Gasteiger charge is -2.19. The SMILES string of the molecule is CC(NC(=O)C(C)(C)Br)c1nccs1. The highest BCUT2D eigenvalue weighted by Crippen LogP contribution is 2.19. The monoisotopic (exact) mass is 276 g/mol. The lowest BCUT2D eigenvalue weighted by atomic mass is 10.2. The summed E-state index contributed by atoms with van der Waals surface area (Å²) in [6, 6.07) is -0.0284. The molecule has 0 aliphatic heterocycles. The van der Waals surface area contributed by atoms with Crippen molar-refractivity contribution in [3.8, 4) is 0 Å². The van der Waals surface area contributed by atoms with Crippen LogP contribution in [0.4, 0.5) is 0 Å². The number of alkyl halides is 1. The fourth-order valence-electron chi connectivity index (χ4n) is 0.878. The van der Waals surface area contributed by atoms with E-state index in [1.807, 2.05) is 26.2 Å². The van der Waals surface area contributed by atoms with Crippen LogP contribution in [-0.4, -0.2) is 15.2 Å². The van der Waals surface area contributed by atoms with E-state index in [1.54, 1.807) is 17.5 Å². The molecule has 0 fully saturated rings. The molecule has 3 nitrogen and oxygen atoms in total. The molecule has 1 aromatic heterocycles. The molecule has 5 heteroatoms. The van der Waals surface area contributed by atoms with Crippen LogP contribution in [0, 0.1) is 0 Å². The normalized spacial score (nSPS) is 13.7. The van der Waals surface area contributed by atoms with Crippen LogP contribution >= 0.6 is 27.3 Å². The van der Waals surface area contributed by atoms with Crippen LogP contribution in [-0.2, 0) is 4.79 Å². The Hall–Kier alpha value is -0.420. The minimum Gasteiger partial charge on any atom is -0.346 e. The average Bonchev–Trinajstić information content (AvgIpc) is 2.53. The summed E-state index contributed by atoms with van der Waals surface area (Å²) >= 11 is 4.85. The maximum atomic E-state index is 11.6. The highest BCUT2D eigenvalue weighted by atomic mass is 79.9. The van der Waals surface area contributed by atoms with Gasteiger partial charge in [0.25, 0.3) is 0 Å². The number of halogens is 1. The summed E-state index contributed by atoms with van der Waals surface area (Å²) in [6.07, 6.45) is 1.74. The number of amides is 1. The zero-order valence-corrected chi connectivity index (χ0v) is 10.8. The van der Waals surface area contributed by atoms with Gasteiger partial charge in [0, 0.05) is 11.6 Å². The molecule has 1 N–H and O–H groups in total. The number of hydrogen-bond donors (Lipinski definition) is 1. The quantitative estimate of drug-likeness (QED) is 0.862. The van der Waals surface area contributed by atoms with Gasteiger partial charge in [-0.1, -0.05) is 15.9 Å². The fraction of sp³-hybridized carbons (Fsp3) is 0.556. The Labute approximate surface area is 96.1 Å². The second kappa shape index (κ2) is 4.40. The molecule has 0 aliphatic carbocycles. The molecule has 1 heterocycles. The lowest BCUT2D eigenvalue weighted by Crippen LogP contribution is -2.38. The molecule has 0 aliphatic rings. The van der Waals surface area contributed by atoms with Crippen LogP contribution < -0.4 is 5.32 Å².